The fourth-order valence-electron chi connectivity index (χ4n) is 3.53. The second-order valence-corrected chi connectivity index (χ2v) is 6.11. The molecule has 1 aliphatic rings. The molecule has 3 heteroatoms. The Bertz CT molecular complexity index is 459. The lowest BCUT2D eigenvalue weighted by Crippen LogP contribution is -2.31. The molecule has 3 atom stereocenters. The van der Waals surface area contributed by atoms with E-state index in [9.17, 15) is 8.78 Å². The van der Waals surface area contributed by atoms with Gasteiger partial charge in [0, 0.05) is 0 Å². The number of hydrogen-bond donors (Lipinski definition) is 1. The summed E-state index contributed by atoms with van der Waals surface area (Å²) in [4.78, 5) is 0. The van der Waals surface area contributed by atoms with Crippen LogP contribution in [0, 0.1) is 30.4 Å². The van der Waals surface area contributed by atoms with Crippen molar-refractivity contribution in [3.8, 4) is 0 Å². The number of halogens is 2. The molecule has 3 unspecified atom stereocenters. The third-order valence-corrected chi connectivity index (χ3v) is 4.85. The average Bonchev–Trinajstić information content (AvgIpc) is 2.46. The Morgan fingerprint density at radius 1 is 1.20 bits per heavy atom. The zero-order valence-electron chi connectivity index (χ0n) is 12.7. The Labute approximate surface area is 120 Å². The van der Waals surface area contributed by atoms with Crippen LogP contribution in [0.4, 0.5) is 8.78 Å². The number of nitrogens with one attached hydrogen (secondary N) is 1. The largest absolute Gasteiger partial charge is 0.319 e. The fraction of sp³-hybridized carbons (Fsp3) is 0.647. The molecule has 1 aliphatic carbocycles. The van der Waals surface area contributed by atoms with Gasteiger partial charge in [0.1, 0.15) is 0 Å². The van der Waals surface area contributed by atoms with Crippen molar-refractivity contribution in [1.82, 2.24) is 5.32 Å². The van der Waals surface area contributed by atoms with E-state index in [0.29, 0.717) is 23.0 Å². The predicted molar refractivity (Wildman–Crippen MR) is 78.9 cm³/mol. The molecule has 1 fully saturated rings. The summed E-state index contributed by atoms with van der Waals surface area (Å²) in [6, 6.07) is 3.50. The second-order valence-electron chi connectivity index (χ2n) is 6.11. The van der Waals surface area contributed by atoms with Gasteiger partial charge in [-0.05, 0) is 62.2 Å². The standard InChI is InChI=1S/C17H25F2N/c1-4-12-6-7-13(10-20-3)15(9-12)14-8-5-11(2)16(18)17(14)19/h5,8,12-13,15,20H,4,6-7,9-10H2,1-3H3. The van der Waals surface area contributed by atoms with Crippen LogP contribution in [0.1, 0.15) is 49.7 Å². The third-order valence-electron chi connectivity index (χ3n) is 4.85. The Balaban J connectivity index is 2.32. The lowest BCUT2D eigenvalue weighted by molar-refractivity contribution is 0.224. The molecule has 0 bridgehead atoms. The molecule has 0 heterocycles. The van der Waals surface area contributed by atoms with Crippen molar-refractivity contribution in [3.63, 3.8) is 0 Å². The van der Waals surface area contributed by atoms with E-state index in [2.05, 4.69) is 12.2 Å². The van der Waals surface area contributed by atoms with Gasteiger partial charge in [-0.2, -0.15) is 0 Å². The van der Waals surface area contributed by atoms with Crippen molar-refractivity contribution < 1.29 is 8.78 Å². The van der Waals surface area contributed by atoms with E-state index in [0.717, 1.165) is 25.8 Å². The van der Waals surface area contributed by atoms with E-state index >= 15 is 0 Å². The van der Waals surface area contributed by atoms with Gasteiger partial charge >= 0.3 is 0 Å². The van der Waals surface area contributed by atoms with Crippen LogP contribution in [0.2, 0.25) is 0 Å². The maximum atomic E-state index is 14.3. The Kier molecular flexibility index (Phi) is 5.14. The molecule has 0 aliphatic heterocycles. The predicted octanol–water partition coefficient (Wildman–Crippen LogP) is 4.40. The summed E-state index contributed by atoms with van der Waals surface area (Å²) in [7, 11) is 1.93. The summed E-state index contributed by atoms with van der Waals surface area (Å²) in [5, 5.41) is 3.20. The molecule has 1 saturated carbocycles. The topological polar surface area (TPSA) is 12.0 Å². The maximum Gasteiger partial charge on any atom is 0.162 e. The van der Waals surface area contributed by atoms with Crippen LogP contribution in [-0.4, -0.2) is 13.6 Å². The van der Waals surface area contributed by atoms with Crippen LogP contribution in [-0.2, 0) is 0 Å². The number of benzene rings is 1. The van der Waals surface area contributed by atoms with Gasteiger partial charge in [0.05, 0.1) is 0 Å². The third kappa shape index (κ3) is 3.03. The molecule has 1 N–H and O–H groups in total. The lowest BCUT2D eigenvalue weighted by atomic mass is 9.70. The zero-order chi connectivity index (χ0) is 14.7. The van der Waals surface area contributed by atoms with Crippen molar-refractivity contribution in [2.24, 2.45) is 11.8 Å². The molecule has 2 rings (SSSR count). The first kappa shape index (κ1) is 15.4. The lowest BCUT2D eigenvalue weighted by Gasteiger charge is -2.36. The highest BCUT2D eigenvalue weighted by Crippen LogP contribution is 2.42. The van der Waals surface area contributed by atoms with Gasteiger partial charge in [0.25, 0.3) is 0 Å². The van der Waals surface area contributed by atoms with Crippen LogP contribution in [0.3, 0.4) is 0 Å². The molecular formula is C17H25F2N. The number of hydrogen-bond acceptors (Lipinski definition) is 1. The summed E-state index contributed by atoms with van der Waals surface area (Å²) >= 11 is 0. The monoisotopic (exact) mass is 281 g/mol. The van der Waals surface area contributed by atoms with Crippen LogP contribution >= 0.6 is 0 Å². The highest BCUT2D eigenvalue weighted by molar-refractivity contribution is 5.29. The summed E-state index contributed by atoms with van der Waals surface area (Å²) in [6.45, 7) is 4.67. The minimum absolute atomic E-state index is 0.135. The van der Waals surface area contributed by atoms with Gasteiger partial charge in [0.15, 0.2) is 11.6 Å². The molecular weight excluding hydrogens is 256 g/mol. The molecule has 20 heavy (non-hydrogen) atoms. The smallest absolute Gasteiger partial charge is 0.162 e. The molecule has 1 aromatic carbocycles. The Morgan fingerprint density at radius 3 is 2.60 bits per heavy atom. The summed E-state index contributed by atoms with van der Waals surface area (Å²) < 4.78 is 28.1. The van der Waals surface area contributed by atoms with Gasteiger partial charge in [-0.1, -0.05) is 31.9 Å². The number of aryl methyl sites for hydroxylation is 1. The molecule has 0 aromatic heterocycles. The quantitative estimate of drug-likeness (QED) is 0.862. The number of rotatable bonds is 4. The molecule has 0 spiro atoms. The summed E-state index contributed by atoms with van der Waals surface area (Å²) in [6.07, 6.45) is 4.40. The van der Waals surface area contributed by atoms with Crippen LogP contribution in [0.15, 0.2) is 12.1 Å². The first-order chi connectivity index (χ1) is 9.58. The second kappa shape index (κ2) is 6.66. The molecule has 0 amide bonds. The first-order valence-corrected chi connectivity index (χ1v) is 7.67. The van der Waals surface area contributed by atoms with E-state index in [1.54, 1.807) is 19.1 Å². The molecule has 1 nitrogen and oxygen atoms in total. The van der Waals surface area contributed by atoms with Crippen molar-refractivity contribution in [2.75, 3.05) is 13.6 Å². The summed E-state index contributed by atoms with van der Waals surface area (Å²) in [5.41, 5.74) is 0.964. The maximum absolute atomic E-state index is 14.3. The normalized spacial score (nSPS) is 26.8. The van der Waals surface area contributed by atoms with E-state index in [4.69, 9.17) is 0 Å². The zero-order valence-corrected chi connectivity index (χ0v) is 12.7. The molecule has 0 radical (unpaired) electrons. The Hall–Kier alpha value is -0.960. The Morgan fingerprint density at radius 2 is 1.95 bits per heavy atom. The van der Waals surface area contributed by atoms with E-state index in [-0.39, 0.29) is 5.92 Å². The van der Waals surface area contributed by atoms with E-state index in [1.807, 2.05) is 7.05 Å². The van der Waals surface area contributed by atoms with Gasteiger partial charge < -0.3 is 5.32 Å². The van der Waals surface area contributed by atoms with Crippen molar-refractivity contribution in [2.45, 2.75) is 45.4 Å². The SMILES string of the molecule is CCC1CCC(CNC)C(c2ccc(C)c(F)c2F)C1. The molecule has 0 saturated heterocycles. The fourth-order valence-corrected chi connectivity index (χ4v) is 3.53. The molecule has 112 valence electrons. The highest BCUT2D eigenvalue weighted by atomic mass is 19.2. The molecule has 1 aromatic rings. The minimum atomic E-state index is -0.677. The minimum Gasteiger partial charge on any atom is -0.319 e. The van der Waals surface area contributed by atoms with Crippen molar-refractivity contribution in [3.05, 3.63) is 34.9 Å². The first-order valence-electron chi connectivity index (χ1n) is 7.67. The highest BCUT2D eigenvalue weighted by Gasteiger charge is 2.32. The van der Waals surface area contributed by atoms with Crippen molar-refractivity contribution in [1.29, 1.82) is 0 Å². The van der Waals surface area contributed by atoms with Gasteiger partial charge in [0.2, 0.25) is 0 Å². The van der Waals surface area contributed by atoms with Crippen LogP contribution < -0.4 is 5.32 Å². The van der Waals surface area contributed by atoms with Crippen LogP contribution in [0.25, 0.3) is 0 Å². The van der Waals surface area contributed by atoms with Gasteiger partial charge in [-0.25, -0.2) is 8.78 Å². The van der Waals surface area contributed by atoms with Crippen molar-refractivity contribution >= 4 is 0 Å². The van der Waals surface area contributed by atoms with Gasteiger partial charge in [-0.3, -0.25) is 0 Å². The van der Waals surface area contributed by atoms with Crippen LogP contribution in [0.5, 0.6) is 0 Å². The summed E-state index contributed by atoms with van der Waals surface area (Å²) in [5.74, 6) is -0.135. The van der Waals surface area contributed by atoms with E-state index < -0.39 is 11.6 Å². The van der Waals surface area contributed by atoms with E-state index in [1.165, 1.54) is 6.42 Å². The average molecular weight is 281 g/mol. The van der Waals surface area contributed by atoms with Gasteiger partial charge in [-0.15, -0.1) is 0 Å².